The molecule has 2 amide bonds. The summed E-state index contributed by atoms with van der Waals surface area (Å²) in [5.74, 6) is -0.228. The smallest absolute Gasteiger partial charge is 0.408 e. The molecular weight excluding hydrogens is 458 g/mol. The van der Waals surface area contributed by atoms with Crippen LogP contribution in [0.15, 0.2) is 48.5 Å². The molecule has 2 N–H and O–H groups in total. The number of carbonyl (C=O) groups excluding carboxylic acids is 2. The maximum atomic E-state index is 13.4. The molecule has 0 saturated heterocycles. The van der Waals surface area contributed by atoms with Gasteiger partial charge >= 0.3 is 6.09 Å². The van der Waals surface area contributed by atoms with Crippen molar-refractivity contribution in [2.24, 2.45) is 0 Å². The Hall–Kier alpha value is -2.54. The zero-order valence-corrected chi connectivity index (χ0v) is 19.7. The number of ether oxygens (including phenoxy) is 1. The monoisotopic (exact) mass is 487 g/mol. The lowest BCUT2D eigenvalue weighted by atomic mass is 9.77. The molecule has 2 aromatic rings. The predicted octanol–water partition coefficient (Wildman–Crippen LogP) is 4.52. The van der Waals surface area contributed by atoms with Gasteiger partial charge in [-0.05, 0) is 62.1 Å². The second kappa shape index (κ2) is 10.7. The quantitative estimate of drug-likeness (QED) is 0.537. The Bertz CT molecular complexity index is 899. The van der Waals surface area contributed by atoms with Gasteiger partial charge in [0, 0.05) is 36.2 Å². The van der Waals surface area contributed by atoms with E-state index in [4.69, 9.17) is 4.74 Å². The van der Waals surface area contributed by atoms with Gasteiger partial charge in [0.2, 0.25) is 0 Å². The molecule has 1 aliphatic rings. The van der Waals surface area contributed by atoms with Crippen LogP contribution in [-0.2, 0) is 22.4 Å². The van der Waals surface area contributed by atoms with E-state index in [0.717, 1.165) is 24.3 Å². The molecule has 3 rings (SSSR count). The van der Waals surface area contributed by atoms with E-state index in [2.05, 4.69) is 51.4 Å². The number of amides is 2. The SMILES string of the molecule is CCN(CC)c1ccc(NC(=O)C2(NC(=O)OCCBr)CCc3ccccc3C2)cc1. The first-order valence-corrected chi connectivity index (χ1v) is 11.9. The molecule has 166 valence electrons. The minimum absolute atomic E-state index is 0.228. The van der Waals surface area contributed by atoms with Crippen molar-refractivity contribution in [1.82, 2.24) is 5.32 Å². The molecule has 0 saturated carbocycles. The summed E-state index contributed by atoms with van der Waals surface area (Å²) >= 11 is 3.25. The zero-order chi connectivity index (χ0) is 22.3. The van der Waals surface area contributed by atoms with Gasteiger partial charge in [0.1, 0.15) is 12.1 Å². The molecule has 0 radical (unpaired) electrons. The Kier molecular flexibility index (Phi) is 7.96. The lowest BCUT2D eigenvalue weighted by Gasteiger charge is -2.37. The van der Waals surface area contributed by atoms with Crippen LogP contribution in [0.2, 0.25) is 0 Å². The summed E-state index contributed by atoms with van der Waals surface area (Å²) in [6.07, 6.45) is 1.07. The van der Waals surface area contributed by atoms with Gasteiger partial charge in [-0.1, -0.05) is 40.2 Å². The minimum Gasteiger partial charge on any atom is -0.449 e. The van der Waals surface area contributed by atoms with Gasteiger partial charge in [0.05, 0.1) is 0 Å². The number of nitrogens with zero attached hydrogens (tertiary/aromatic N) is 1. The second-order valence-corrected chi connectivity index (χ2v) is 8.44. The summed E-state index contributed by atoms with van der Waals surface area (Å²) in [6, 6.07) is 15.9. The third-order valence-corrected chi connectivity index (χ3v) is 6.10. The van der Waals surface area contributed by atoms with E-state index in [0.29, 0.717) is 30.3 Å². The molecule has 0 spiro atoms. The second-order valence-electron chi connectivity index (χ2n) is 7.65. The fourth-order valence-electron chi connectivity index (χ4n) is 4.05. The lowest BCUT2D eigenvalue weighted by Crippen LogP contribution is -2.60. The van der Waals surface area contributed by atoms with Gasteiger partial charge in [-0.2, -0.15) is 0 Å². The first-order valence-electron chi connectivity index (χ1n) is 10.8. The van der Waals surface area contributed by atoms with Crippen molar-refractivity contribution in [1.29, 1.82) is 0 Å². The van der Waals surface area contributed by atoms with Crippen LogP contribution >= 0.6 is 15.9 Å². The highest BCUT2D eigenvalue weighted by atomic mass is 79.9. The van der Waals surface area contributed by atoms with Crippen LogP contribution < -0.4 is 15.5 Å². The minimum atomic E-state index is -1.06. The molecule has 0 heterocycles. The number of alkyl halides is 1. The first-order chi connectivity index (χ1) is 15.0. The van der Waals surface area contributed by atoms with Gasteiger partial charge in [0.25, 0.3) is 5.91 Å². The molecule has 1 atom stereocenters. The third-order valence-electron chi connectivity index (χ3n) is 5.77. The molecule has 0 fully saturated rings. The van der Waals surface area contributed by atoms with Crippen molar-refractivity contribution in [2.75, 3.05) is 35.2 Å². The molecule has 1 unspecified atom stereocenters. The number of anilines is 2. The maximum absolute atomic E-state index is 13.4. The van der Waals surface area contributed by atoms with Gasteiger partial charge in [0.15, 0.2) is 0 Å². The normalized spacial score (nSPS) is 17.4. The molecule has 0 bridgehead atoms. The number of carbonyl (C=O) groups is 2. The van der Waals surface area contributed by atoms with Crippen LogP contribution in [0.25, 0.3) is 0 Å². The maximum Gasteiger partial charge on any atom is 0.408 e. The van der Waals surface area contributed by atoms with Gasteiger partial charge in [-0.25, -0.2) is 4.79 Å². The van der Waals surface area contributed by atoms with Crippen molar-refractivity contribution in [3.8, 4) is 0 Å². The molecular formula is C24H30BrN3O3. The number of halogens is 1. The topological polar surface area (TPSA) is 70.7 Å². The van der Waals surface area contributed by atoms with Crippen molar-refractivity contribution >= 4 is 39.3 Å². The molecule has 0 aliphatic heterocycles. The number of alkyl carbamates (subject to hydrolysis) is 1. The first kappa shape index (κ1) is 23.1. The summed E-state index contributed by atoms with van der Waals surface area (Å²) in [6.45, 7) is 6.32. The number of rotatable bonds is 8. The molecule has 1 aliphatic carbocycles. The number of benzene rings is 2. The van der Waals surface area contributed by atoms with E-state index in [1.165, 1.54) is 5.56 Å². The average Bonchev–Trinajstić information content (AvgIpc) is 2.79. The standard InChI is InChI=1S/C24H30BrN3O3/c1-3-28(4-2)21-11-9-20(10-12-21)26-22(29)24(27-23(30)31-16-15-25)14-13-18-7-5-6-8-19(18)17-24/h5-12H,3-4,13-17H2,1-2H3,(H,26,29)(H,27,30). The highest BCUT2D eigenvalue weighted by molar-refractivity contribution is 9.09. The highest BCUT2D eigenvalue weighted by Gasteiger charge is 2.43. The van der Waals surface area contributed by atoms with E-state index < -0.39 is 11.6 Å². The van der Waals surface area contributed by atoms with Gasteiger partial charge in [-0.3, -0.25) is 4.79 Å². The number of nitrogens with one attached hydrogen (secondary N) is 2. The molecule has 31 heavy (non-hydrogen) atoms. The van der Waals surface area contributed by atoms with Crippen LogP contribution in [0, 0.1) is 0 Å². The van der Waals surface area contributed by atoms with Crippen molar-refractivity contribution in [2.45, 2.75) is 38.6 Å². The van der Waals surface area contributed by atoms with Crippen LogP contribution in [0.4, 0.5) is 16.2 Å². The van der Waals surface area contributed by atoms with Gasteiger partial charge in [-0.15, -0.1) is 0 Å². The fraction of sp³-hybridized carbons (Fsp3) is 0.417. The van der Waals surface area contributed by atoms with Crippen LogP contribution in [-0.4, -0.2) is 42.6 Å². The molecule has 2 aromatic carbocycles. The Morgan fingerprint density at radius 2 is 1.74 bits per heavy atom. The Labute approximate surface area is 192 Å². The third kappa shape index (κ3) is 5.58. The lowest BCUT2D eigenvalue weighted by molar-refractivity contribution is -0.122. The Morgan fingerprint density at radius 3 is 2.39 bits per heavy atom. The van der Waals surface area contributed by atoms with Crippen LogP contribution in [0.3, 0.4) is 0 Å². The van der Waals surface area contributed by atoms with Crippen molar-refractivity contribution in [3.63, 3.8) is 0 Å². The molecule has 0 aromatic heterocycles. The van der Waals surface area contributed by atoms with Crippen LogP contribution in [0.1, 0.15) is 31.4 Å². The predicted molar refractivity (Wildman–Crippen MR) is 128 cm³/mol. The van der Waals surface area contributed by atoms with E-state index in [-0.39, 0.29) is 12.5 Å². The zero-order valence-electron chi connectivity index (χ0n) is 18.1. The Morgan fingerprint density at radius 1 is 1.06 bits per heavy atom. The average molecular weight is 488 g/mol. The summed E-state index contributed by atoms with van der Waals surface area (Å²) in [5, 5.41) is 6.43. The summed E-state index contributed by atoms with van der Waals surface area (Å²) < 4.78 is 5.19. The summed E-state index contributed by atoms with van der Waals surface area (Å²) in [7, 11) is 0. The summed E-state index contributed by atoms with van der Waals surface area (Å²) in [5.41, 5.74) is 3.04. The van der Waals surface area contributed by atoms with E-state index in [9.17, 15) is 9.59 Å². The fourth-order valence-corrected chi connectivity index (χ4v) is 4.21. The molecule has 6 nitrogen and oxygen atoms in total. The number of aryl methyl sites for hydroxylation is 1. The van der Waals surface area contributed by atoms with Crippen molar-refractivity contribution < 1.29 is 14.3 Å². The van der Waals surface area contributed by atoms with Gasteiger partial charge < -0.3 is 20.3 Å². The van der Waals surface area contributed by atoms with E-state index in [1.807, 2.05) is 42.5 Å². The molecule has 7 heteroatoms. The summed E-state index contributed by atoms with van der Waals surface area (Å²) in [4.78, 5) is 28.1. The number of hydrogen-bond acceptors (Lipinski definition) is 4. The Balaban J connectivity index is 1.80. The van der Waals surface area contributed by atoms with Crippen LogP contribution in [0.5, 0.6) is 0 Å². The number of hydrogen-bond donors (Lipinski definition) is 2. The largest absolute Gasteiger partial charge is 0.449 e. The van der Waals surface area contributed by atoms with E-state index >= 15 is 0 Å². The van der Waals surface area contributed by atoms with E-state index in [1.54, 1.807) is 0 Å². The van der Waals surface area contributed by atoms with Crippen molar-refractivity contribution in [3.05, 3.63) is 59.7 Å². The highest BCUT2D eigenvalue weighted by Crippen LogP contribution is 2.30. The number of fused-ring (bicyclic) bond motifs is 1.